The number of Topliss-reactive ketones (excluding diaryl/α,β-unsaturated/α-hetero) is 1. The summed E-state index contributed by atoms with van der Waals surface area (Å²) in [5.41, 5.74) is 2.19. The van der Waals surface area contributed by atoms with E-state index in [1.165, 1.54) is 18.9 Å². The summed E-state index contributed by atoms with van der Waals surface area (Å²) in [6.07, 6.45) is 14.7. The Hall–Kier alpha value is -1.70. The molecule has 0 aliphatic heterocycles. The summed E-state index contributed by atoms with van der Waals surface area (Å²) in [6, 6.07) is 0. The number of carbonyl (C=O) groups is 2. The summed E-state index contributed by atoms with van der Waals surface area (Å²) in [4.78, 5) is 22.3. The van der Waals surface area contributed by atoms with E-state index in [2.05, 4.69) is 32.1 Å². The van der Waals surface area contributed by atoms with Crippen LogP contribution in [0.5, 0.6) is 0 Å². The van der Waals surface area contributed by atoms with Gasteiger partial charge in [0.15, 0.2) is 5.78 Å². The Kier molecular flexibility index (Phi) is 10.2. The first-order chi connectivity index (χ1) is 9.60. The number of carbonyl (C=O) groups excluding carboxylic acids is 2. The number of allylic oxidation sites excluding steroid dienone is 8. The number of rotatable bonds is 5. The van der Waals surface area contributed by atoms with Gasteiger partial charge in [0, 0.05) is 11.1 Å². The van der Waals surface area contributed by atoms with Gasteiger partial charge >= 0.3 is 0 Å². The lowest BCUT2D eigenvalue weighted by atomic mass is 9.99. The largest absolute Gasteiger partial charge is 0.298 e. The molecule has 0 N–H and O–H groups in total. The van der Waals surface area contributed by atoms with Gasteiger partial charge in [-0.3, -0.25) is 9.59 Å². The minimum atomic E-state index is -0.0704. The molecule has 0 saturated carbocycles. The van der Waals surface area contributed by atoms with Crippen molar-refractivity contribution >= 4 is 12.1 Å². The second-order valence-electron chi connectivity index (χ2n) is 4.71. The third-order valence-electron chi connectivity index (χ3n) is 2.74. The topological polar surface area (TPSA) is 34.1 Å². The van der Waals surface area contributed by atoms with Crippen LogP contribution in [0.1, 0.15) is 53.4 Å². The van der Waals surface area contributed by atoms with Crippen LogP contribution in [0.15, 0.2) is 47.1 Å². The molecule has 1 rings (SSSR count). The molecule has 0 amide bonds. The second-order valence-corrected chi connectivity index (χ2v) is 4.71. The minimum Gasteiger partial charge on any atom is -0.298 e. The molecule has 0 fully saturated rings. The molecule has 110 valence electrons. The van der Waals surface area contributed by atoms with Gasteiger partial charge in [0.25, 0.3) is 0 Å². The van der Waals surface area contributed by atoms with E-state index in [1.54, 1.807) is 13.0 Å². The fourth-order valence-corrected chi connectivity index (χ4v) is 1.84. The fourth-order valence-electron chi connectivity index (χ4n) is 1.84. The van der Waals surface area contributed by atoms with Crippen molar-refractivity contribution in [3.8, 4) is 0 Å². The zero-order valence-electron chi connectivity index (χ0n) is 13.1. The van der Waals surface area contributed by atoms with Crippen molar-refractivity contribution in [2.75, 3.05) is 0 Å². The van der Waals surface area contributed by atoms with Crippen LogP contribution in [0.4, 0.5) is 0 Å². The van der Waals surface area contributed by atoms with E-state index in [1.807, 2.05) is 6.08 Å². The Morgan fingerprint density at radius 2 is 1.95 bits per heavy atom. The third-order valence-corrected chi connectivity index (χ3v) is 2.74. The highest BCUT2D eigenvalue weighted by molar-refractivity contribution is 6.04. The molecule has 1 aliphatic carbocycles. The predicted molar refractivity (Wildman–Crippen MR) is 85.6 cm³/mol. The van der Waals surface area contributed by atoms with Crippen LogP contribution in [0.2, 0.25) is 0 Å². The summed E-state index contributed by atoms with van der Waals surface area (Å²) in [6.45, 7) is 7.50. The Balaban J connectivity index is 0.00000110. The molecule has 0 aromatic carbocycles. The standard InChI is InChI=1S/C15H18O2.C3H8/c1-3-15(12(2)17)14(11-16)10-9-13-7-5-4-6-8-13;1-3-2/h3,5,7-8,10-11H,4,6,9H2,1-2H3;3H2,1-2H3/b14-10-,15-3-;. The normalized spacial score (nSPS) is 15.1. The first-order valence-electron chi connectivity index (χ1n) is 7.29. The minimum absolute atomic E-state index is 0.0704. The lowest BCUT2D eigenvalue weighted by Crippen LogP contribution is -2.01. The average Bonchev–Trinajstić information content (AvgIpc) is 2.45. The van der Waals surface area contributed by atoms with Crippen molar-refractivity contribution in [2.45, 2.75) is 53.4 Å². The molecule has 1 aliphatic rings. The lowest BCUT2D eigenvalue weighted by molar-refractivity contribution is -0.114. The summed E-state index contributed by atoms with van der Waals surface area (Å²) in [5.74, 6) is -0.0704. The average molecular weight is 274 g/mol. The molecular weight excluding hydrogens is 248 g/mol. The first-order valence-corrected chi connectivity index (χ1v) is 7.29. The van der Waals surface area contributed by atoms with Crippen LogP contribution < -0.4 is 0 Å². The van der Waals surface area contributed by atoms with E-state index in [0.717, 1.165) is 19.1 Å². The maximum Gasteiger partial charge on any atom is 0.160 e. The zero-order valence-corrected chi connectivity index (χ0v) is 13.1. The van der Waals surface area contributed by atoms with Gasteiger partial charge < -0.3 is 0 Å². The van der Waals surface area contributed by atoms with Gasteiger partial charge in [0.05, 0.1) is 0 Å². The highest BCUT2D eigenvalue weighted by Gasteiger charge is 2.08. The highest BCUT2D eigenvalue weighted by Crippen LogP contribution is 2.16. The van der Waals surface area contributed by atoms with E-state index in [9.17, 15) is 9.59 Å². The quantitative estimate of drug-likeness (QED) is 0.412. The molecule has 0 heterocycles. The van der Waals surface area contributed by atoms with Crippen molar-refractivity contribution in [2.24, 2.45) is 0 Å². The zero-order chi connectivity index (χ0) is 15.4. The molecule has 2 heteroatoms. The molecular formula is C18H26O2. The molecule has 0 aromatic heterocycles. The smallest absolute Gasteiger partial charge is 0.160 e. The lowest BCUT2D eigenvalue weighted by Gasteiger charge is -2.05. The number of hydrogen-bond acceptors (Lipinski definition) is 2. The maximum absolute atomic E-state index is 11.3. The Bertz CT molecular complexity index is 434. The number of aldehydes is 1. The van der Waals surface area contributed by atoms with Gasteiger partial charge in [-0.05, 0) is 38.7 Å². The summed E-state index contributed by atoms with van der Waals surface area (Å²) in [7, 11) is 0. The van der Waals surface area contributed by atoms with Gasteiger partial charge in [0.2, 0.25) is 0 Å². The van der Waals surface area contributed by atoms with Crippen molar-refractivity contribution in [1.82, 2.24) is 0 Å². The molecule has 0 bridgehead atoms. The Morgan fingerprint density at radius 1 is 1.30 bits per heavy atom. The van der Waals surface area contributed by atoms with E-state index in [-0.39, 0.29) is 5.78 Å². The van der Waals surface area contributed by atoms with Crippen molar-refractivity contribution in [3.63, 3.8) is 0 Å². The van der Waals surface area contributed by atoms with Crippen LogP contribution in [0.25, 0.3) is 0 Å². The molecule has 0 radical (unpaired) electrons. The Labute approximate surface area is 123 Å². The summed E-state index contributed by atoms with van der Waals surface area (Å²) < 4.78 is 0. The van der Waals surface area contributed by atoms with E-state index >= 15 is 0 Å². The van der Waals surface area contributed by atoms with Crippen LogP contribution in [0, 0.1) is 0 Å². The summed E-state index contributed by atoms with van der Waals surface area (Å²) >= 11 is 0. The maximum atomic E-state index is 11.3. The van der Waals surface area contributed by atoms with E-state index in [0.29, 0.717) is 17.6 Å². The van der Waals surface area contributed by atoms with Crippen LogP contribution >= 0.6 is 0 Å². The molecule has 0 atom stereocenters. The molecule has 0 saturated heterocycles. The third kappa shape index (κ3) is 7.03. The second kappa shape index (κ2) is 11.2. The van der Waals surface area contributed by atoms with Gasteiger partial charge in [-0.1, -0.05) is 50.6 Å². The first kappa shape index (κ1) is 18.3. The van der Waals surface area contributed by atoms with Crippen LogP contribution in [-0.2, 0) is 9.59 Å². The van der Waals surface area contributed by atoms with Gasteiger partial charge in [0.1, 0.15) is 6.29 Å². The fraction of sp³-hybridized carbons (Fsp3) is 0.444. The predicted octanol–water partition coefficient (Wildman–Crippen LogP) is 4.73. The molecule has 0 aromatic rings. The highest BCUT2D eigenvalue weighted by atomic mass is 16.1. The van der Waals surface area contributed by atoms with Gasteiger partial charge in [-0.25, -0.2) is 0 Å². The number of hydrogen-bond donors (Lipinski definition) is 0. The summed E-state index contributed by atoms with van der Waals surface area (Å²) in [5, 5.41) is 0. The SMILES string of the molecule is C/C=C(C(C)=O)\C(C=O)=C/CC1=CCCC=C1.CCC. The Morgan fingerprint density at radius 3 is 2.35 bits per heavy atom. The monoisotopic (exact) mass is 274 g/mol. The number of ketones is 1. The molecule has 0 spiro atoms. The van der Waals surface area contributed by atoms with Gasteiger partial charge in [-0.15, -0.1) is 0 Å². The van der Waals surface area contributed by atoms with Gasteiger partial charge in [-0.2, -0.15) is 0 Å². The van der Waals surface area contributed by atoms with Crippen LogP contribution in [-0.4, -0.2) is 12.1 Å². The van der Waals surface area contributed by atoms with E-state index in [4.69, 9.17) is 0 Å². The van der Waals surface area contributed by atoms with Crippen LogP contribution in [0.3, 0.4) is 0 Å². The van der Waals surface area contributed by atoms with Crippen molar-refractivity contribution in [1.29, 1.82) is 0 Å². The molecule has 20 heavy (non-hydrogen) atoms. The van der Waals surface area contributed by atoms with Crippen molar-refractivity contribution < 1.29 is 9.59 Å². The molecule has 2 nitrogen and oxygen atoms in total. The molecule has 0 unspecified atom stereocenters. The van der Waals surface area contributed by atoms with Crippen molar-refractivity contribution in [3.05, 3.63) is 47.1 Å². The van der Waals surface area contributed by atoms with E-state index < -0.39 is 0 Å².